The molecule has 2 N–H and O–H groups in total. The fourth-order valence-electron chi connectivity index (χ4n) is 2.51. The van der Waals surface area contributed by atoms with E-state index >= 15 is 0 Å². The fourth-order valence-corrected chi connectivity index (χ4v) is 2.80. The predicted molar refractivity (Wildman–Crippen MR) is 73.2 cm³/mol. The van der Waals surface area contributed by atoms with Gasteiger partial charge in [-0.05, 0) is 56.0 Å². The van der Waals surface area contributed by atoms with Gasteiger partial charge in [0.25, 0.3) is 0 Å². The zero-order valence-electron chi connectivity index (χ0n) is 10.5. The van der Waals surface area contributed by atoms with Crippen LogP contribution in [0.5, 0.6) is 0 Å². The number of halogens is 1. The van der Waals surface area contributed by atoms with Crippen LogP contribution < -0.4 is 5.73 Å². The summed E-state index contributed by atoms with van der Waals surface area (Å²) in [6, 6.07) is 6.32. The van der Waals surface area contributed by atoms with E-state index in [2.05, 4.69) is 24.0 Å². The third-order valence-electron chi connectivity index (χ3n) is 3.54. The van der Waals surface area contributed by atoms with Crippen LogP contribution in [0.25, 0.3) is 0 Å². The van der Waals surface area contributed by atoms with E-state index in [4.69, 9.17) is 17.3 Å². The average molecular weight is 253 g/mol. The molecule has 1 heterocycles. The monoisotopic (exact) mass is 252 g/mol. The normalized spacial score (nSPS) is 21.7. The van der Waals surface area contributed by atoms with E-state index in [9.17, 15) is 0 Å². The molecular formula is C14H21ClN2. The molecule has 2 rings (SSSR count). The van der Waals surface area contributed by atoms with Crippen molar-refractivity contribution in [3.63, 3.8) is 0 Å². The van der Waals surface area contributed by atoms with Crippen LogP contribution in [0, 0.1) is 12.8 Å². The first-order chi connectivity index (χ1) is 8.19. The number of benzene rings is 1. The van der Waals surface area contributed by atoms with Gasteiger partial charge in [0.05, 0.1) is 0 Å². The Morgan fingerprint density at radius 1 is 1.47 bits per heavy atom. The minimum atomic E-state index is 0.660. The van der Waals surface area contributed by atoms with Crippen LogP contribution in [-0.4, -0.2) is 24.5 Å². The number of nitrogens with zero attached hydrogens (tertiary/aromatic N) is 1. The maximum Gasteiger partial charge on any atom is 0.0453 e. The van der Waals surface area contributed by atoms with Crippen molar-refractivity contribution in [3.8, 4) is 0 Å². The van der Waals surface area contributed by atoms with Crippen LogP contribution >= 0.6 is 11.6 Å². The number of likely N-dealkylation sites (tertiary alicyclic amines) is 1. The van der Waals surface area contributed by atoms with Crippen molar-refractivity contribution in [2.45, 2.75) is 26.3 Å². The van der Waals surface area contributed by atoms with Crippen molar-refractivity contribution in [2.24, 2.45) is 11.7 Å². The third kappa shape index (κ3) is 3.44. The Morgan fingerprint density at radius 3 is 3.00 bits per heavy atom. The Kier molecular flexibility index (Phi) is 4.43. The molecule has 1 aliphatic heterocycles. The number of hydrogen-bond acceptors (Lipinski definition) is 2. The second kappa shape index (κ2) is 5.85. The first-order valence-electron chi connectivity index (χ1n) is 6.36. The molecule has 1 fully saturated rings. The molecule has 0 amide bonds. The number of piperidine rings is 1. The molecule has 0 saturated carbocycles. The van der Waals surface area contributed by atoms with E-state index in [1.54, 1.807) is 0 Å². The Morgan fingerprint density at radius 2 is 2.29 bits per heavy atom. The van der Waals surface area contributed by atoms with Crippen LogP contribution in [-0.2, 0) is 6.54 Å². The summed E-state index contributed by atoms with van der Waals surface area (Å²) in [5, 5.41) is 0.889. The summed E-state index contributed by atoms with van der Waals surface area (Å²) < 4.78 is 0. The molecule has 17 heavy (non-hydrogen) atoms. The molecule has 1 aromatic carbocycles. The molecular weight excluding hydrogens is 232 g/mol. The van der Waals surface area contributed by atoms with Gasteiger partial charge in [0.1, 0.15) is 0 Å². The smallest absolute Gasteiger partial charge is 0.0453 e. The number of hydrogen-bond donors (Lipinski definition) is 1. The molecule has 94 valence electrons. The lowest BCUT2D eigenvalue weighted by Crippen LogP contribution is -2.37. The molecule has 0 bridgehead atoms. The lowest BCUT2D eigenvalue weighted by Gasteiger charge is -2.32. The number of nitrogens with two attached hydrogens (primary N) is 1. The van der Waals surface area contributed by atoms with Gasteiger partial charge in [0.15, 0.2) is 0 Å². The van der Waals surface area contributed by atoms with Gasteiger partial charge in [0, 0.05) is 18.1 Å². The molecule has 0 aliphatic carbocycles. The van der Waals surface area contributed by atoms with Crippen molar-refractivity contribution in [2.75, 3.05) is 19.6 Å². The molecule has 1 aliphatic rings. The first kappa shape index (κ1) is 12.9. The van der Waals surface area contributed by atoms with Gasteiger partial charge in [0.2, 0.25) is 0 Å². The summed E-state index contributed by atoms with van der Waals surface area (Å²) in [7, 11) is 0. The topological polar surface area (TPSA) is 29.3 Å². The highest BCUT2D eigenvalue weighted by Crippen LogP contribution is 2.22. The molecule has 1 aromatic rings. The SMILES string of the molecule is Cc1ccc(CN2CCCC(CN)C2)c(Cl)c1. The maximum atomic E-state index is 6.27. The van der Waals surface area contributed by atoms with Crippen molar-refractivity contribution in [1.82, 2.24) is 4.90 Å². The second-order valence-corrected chi connectivity index (χ2v) is 5.48. The standard InChI is InChI=1S/C14H21ClN2/c1-11-4-5-13(14(15)7-11)10-17-6-2-3-12(8-16)9-17/h4-5,7,12H,2-3,6,8-10,16H2,1H3. The number of rotatable bonds is 3. The van der Waals surface area contributed by atoms with Gasteiger partial charge in [-0.25, -0.2) is 0 Å². The van der Waals surface area contributed by atoms with Crippen molar-refractivity contribution >= 4 is 11.6 Å². The van der Waals surface area contributed by atoms with Gasteiger partial charge >= 0.3 is 0 Å². The average Bonchev–Trinajstić information content (AvgIpc) is 2.33. The Balaban J connectivity index is 2.00. The largest absolute Gasteiger partial charge is 0.330 e. The zero-order chi connectivity index (χ0) is 12.3. The van der Waals surface area contributed by atoms with Gasteiger partial charge < -0.3 is 5.73 Å². The van der Waals surface area contributed by atoms with E-state index in [0.29, 0.717) is 5.92 Å². The van der Waals surface area contributed by atoms with Crippen LogP contribution in [0.3, 0.4) is 0 Å². The van der Waals surface area contributed by atoms with E-state index in [-0.39, 0.29) is 0 Å². The second-order valence-electron chi connectivity index (χ2n) is 5.07. The van der Waals surface area contributed by atoms with Crippen LogP contribution in [0.4, 0.5) is 0 Å². The summed E-state index contributed by atoms with van der Waals surface area (Å²) in [5.41, 5.74) is 8.21. The molecule has 2 nitrogen and oxygen atoms in total. The van der Waals surface area contributed by atoms with Crippen LogP contribution in [0.15, 0.2) is 18.2 Å². The molecule has 0 aromatic heterocycles. The van der Waals surface area contributed by atoms with E-state index < -0.39 is 0 Å². The van der Waals surface area contributed by atoms with Gasteiger partial charge in [-0.2, -0.15) is 0 Å². The lowest BCUT2D eigenvalue weighted by atomic mass is 9.98. The van der Waals surface area contributed by atoms with Crippen molar-refractivity contribution < 1.29 is 0 Å². The van der Waals surface area contributed by atoms with Crippen LogP contribution in [0.1, 0.15) is 24.0 Å². The summed E-state index contributed by atoms with van der Waals surface area (Å²) in [6.45, 7) is 6.11. The summed E-state index contributed by atoms with van der Waals surface area (Å²) in [5.74, 6) is 0.660. The van der Waals surface area contributed by atoms with Crippen molar-refractivity contribution in [1.29, 1.82) is 0 Å². The summed E-state index contributed by atoms with van der Waals surface area (Å²) in [6.07, 6.45) is 2.53. The molecule has 3 heteroatoms. The highest BCUT2D eigenvalue weighted by atomic mass is 35.5. The summed E-state index contributed by atoms with van der Waals surface area (Å²) in [4.78, 5) is 2.47. The molecule has 1 saturated heterocycles. The maximum absolute atomic E-state index is 6.27. The Hall–Kier alpha value is -0.570. The quantitative estimate of drug-likeness (QED) is 0.897. The highest BCUT2D eigenvalue weighted by Gasteiger charge is 2.19. The molecule has 1 atom stereocenters. The predicted octanol–water partition coefficient (Wildman–Crippen LogP) is 2.82. The molecule has 0 radical (unpaired) electrons. The minimum absolute atomic E-state index is 0.660. The highest BCUT2D eigenvalue weighted by molar-refractivity contribution is 6.31. The number of aryl methyl sites for hydroxylation is 1. The fraction of sp³-hybridized carbons (Fsp3) is 0.571. The van der Waals surface area contributed by atoms with Gasteiger partial charge in [-0.3, -0.25) is 4.90 Å². The Labute approximate surface area is 109 Å². The van der Waals surface area contributed by atoms with E-state index in [1.165, 1.54) is 30.5 Å². The molecule has 0 spiro atoms. The minimum Gasteiger partial charge on any atom is -0.330 e. The first-order valence-corrected chi connectivity index (χ1v) is 6.74. The third-order valence-corrected chi connectivity index (χ3v) is 3.89. The van der Waals surface area contributed by atoms with E-state index in [0.717, 1.165) is 24.7 Å². The summed E-state index contributed by atoms with van der Waals surface area (Å²) >= 11 is 6.27. The Bertz CT molecular complexity index is 378. The van der Waals surface area contributed by atoms with Crippen LogP contribution in [0.2, 0.25) is 5.02 Å². The van der Waals surface area contributed by atoms with E-state index in [1.807, 2.05) is 6.07 Å². The zero-order valence-corrected chi connectivity index (χ0v) is 11.2. The lowest BCUT2D eigenvalue weighted by molar-refractivity contribution is 0.171. The van der Waals surface area contributed by atoms with Crippen molar-refractivity contribution in [3.05, 3.63) is 34.3 Å². The molecule has 1 unspecified atom stereocenters. The van der Waals surface area contributed by atoms with Gasteiger partial charge in [-0.1, -0.05) is 23.7 Å². The van der Waals surface area contributed by atoms with Gasteiger partial charge in [-0.15, -0.1) is 0 Å².